The van der Waals surface area contributed by atoms with Crippen LogP contribution in [0.2, 0.25) is 0 Å². The lowest BCUT2D eigenvalue weighted by molar-refractivity contribution is 0.261. The Labute approximate surface area is 108 Å². The van der Waals surface area contributed by atoms with Gasteiger partial charge in [0.05, 0.1) is 11.3 Å². The minimum absolute atomic E-state index is 0.348. The summed E-state index contributed by atoms with van der Waals surface area (Å²) in [5.41, 5.74) is 1.04. The fraction of sp³-hybridized carbons (Fsp3) is 0.500. The third-order valence-corrected chi connectivity index (χ3v) is 3.23. The van der Waals surface area contributed by atoms with Gasteiger partial charge in [0, 0.05) is 19.1 Å². The molecule has 18 heavy (non-hydrogen) atoms. The highest BCUT2D eigenvalue weighted by atomic mass is 19.1. The largest absolute Gasteiger partial charge is 0.383 e. The zero-order valence-corrected chi connectivity index (χ0v) is 11.2. The lowest BCUT2D eigenvalue weighted by atomic mass is 10.2. The van der Waals surface area contributed by atoms with Crippen LogP contribution in [-0.2, 0) is 0 Å². The highest BCUT2D eigenvalue weighted by Gasteiger charge is 2.07. The number of halogens is 1. The number of hydrogen-bond donors (Lipinski definition) is 1. The van der Waals surface area contributed by atoms with E-state index in [4.69, 9.17) is 5.26 Å². The SMILES string of the molecule is CCC(C)N(C)CCNc1ccc(F)cc1C#N. The highest BCUT2D eigenvalue weighted by molar-refractivity contribution is 5.57. The zero-order chi connectivity index (χ0) is 13.5. The van der Waals surface area contributed by atoms with E-state index in [1.165, 1.54) is 12.1 Å². The van der Waals surface area contributed by atoms with Crippen molar-refractivity contribution in [3.05, 3.63) is 29.6 Å². The number of hydrogen-bond acceptors (Lipinski definition) is 3. The average Bonchev–Trinajstić information content (AvgIpc) is 2.39. The predicted octanol–water partition coefficient (Wildman–Crippen LogP) is 2.84. The van der Waals surface area contributed by atoms with Crippen molar-refractivity contribution in [1.29, 1.82) is 5.26 Å². The van der Waals surface area contributed by atoms with Crippen molar-refractivity contribution in [2.24, 2.45) is 0 Å². The Bertz CT molecular complexity index is 426. The quantitative estimate of drug-likeness (QED) is 0.842. The summed E-state index contributed by atoms with van der Waals surface area (Å²) in [5, 5.41) is 12.1. The Hall–Kier alpha value is -1.60. The van der Waals surface area contributed by atoms with Gasteiger partial charge in [-0.25, -0.2) is 4.39 Å². The van der Waals surface area contributed by atoms with Gasteiger partial charge < -0.3 is 10.2 Å². The van der Waals surface area contributed by atoms with Gasteiger partial charge in [0.15, 0.2) is 0 Å². The molecule has 1 aromatic carbocycles. The molecule has 1 unspecified atom stereocenters. The van der Waals surface area contributed by atoms with Gasteiger partial charge in [-0.05, 0) is 38.6 Å². The van der Waals surface area contributed by atoms with Crippen LogP contribution in [0.15, 0.2) is 18.2 Å². The Balaban J connectivity index is 2.52. The van der Waals surface area contributed by atoms with E-state index in [2.05, 4.69) is 31.1 Å². The average molecular weight is 249 g/mol. The molecule has 0 saturated carbocycles. The molecule has 0 fully saturated rings. The van der Waals surface area contributed by atoms with Gasteiger partial charge in [-0.2, -0.15) is 5.26 Å². The standard InChI is InChI=1S/C14H20FN3/c1-4-11(2)18(3)8-7-17-14-6-5-13(15)9-12(14)10-16/h5-6,9,11,17H,4,7-8H2,1-3H3. The summed E-state index contributed by atoms with van der Waals surface area (Å²) in [6.45, 7) is 5.96. The van der Waals surface area contributed by atoms with E-state index in [0.717, 1.165) is 19.5 Å². The van der Waals surface area contributed by atoms with Crippen LogP contribution in [0.1, 0.15) is 25.8 Å². The molecule has 98 valence electrons. The van der Waals surface area contributed by atoms with Gasteiger partial charge in [0.25, 0.3) is 0 Å². The fourth-order valence-corrected chi connectivity index (χ4v) is 1.66. The van der Waals surface area contributed by atoms with Crippen LogP contribution < -0.4 is 5.32 Å². The molecule has 1 N–H and O–H groups in total. The van der Waals surface area contributed by atoms with E-state index < -0.39 is 0 Å². The summed E-state index contributed by atoms with van der Waals surface area (Å²) < 4.78 is 12.9. The Morgan fingerprint density at radius 1 is 1.50 bits per heavy atom. The molecule has 1 aromatic rings. The van der Waals surface area contributed by atoms with Gasteiger partial charge >= 0.3 is 0 Å². The lowest BCUT2D eigenvalue weighted by Gasteiger charge is -2.23. The Kier molecular flexibility index (Phi) is 5.60. The van der Waals surface area contributed by atoms with E-state index in [9.17, 15) is 4.39 Å². The normalized spacial score (nSPS) is 12.2. The highest BCUT2D eigenvalue weighted by Crippen LogP contribution is 2.15. The minimum atomic E-state index is -0.381. The van der Waals surface area contributed by atoms with E-state index >= 15 is 0 Å². The van der Waals surface area contributed by atoms with E-state index in [-0.39, 0.29) is 5.82 Å². The molecule has 0 spiro atoms. The van der Waals surface area contributed by atoms with E-state index in [1.807, 2.05) is 6.07 Å². The number of benzene rings is 1. The molecule has 0 aliphatic rings. The molecule has 0 aliphatic carbocycles. The maximum absolute atomic E-state index is 12.9. The molecule has 0 bridgehead atoms. The van der Waals surface area contributed by atoms with Crippen LogP contribution in [0.5, 0.6) is 0 Å². The first-order valence-electron chi connectivity index (χ1n) is 6.22. The summed E-state index contributed by atoms with van der Waals surface area (Å²) >= 11 is 0. The van der Waals surface area contributed by atoms with E-state index in [0.29, 0.717) is 17.3 Å². The topological polar surface area (TPSA) is 39.1 Å². The van der Waals surface area contributed by atoms with Gasteiger partial charge in [-0.1, -0.05) is 6.92 Å². The van der Waals surface area contributed by atoms with Crippen molar-refractivity contribution in [3.8, 4) is 6.07 Å². The van der Waals surface area contributed by atoms with Gasteiger partial charge in [-0.3, -0.25) is 0 Å². The Morgan fingerprint density at radius 2 is 2.22 bits per heavy atom. The third kappa shape index (κ3) is 4.01. The molecule has 1 atom stereocenters. The Morgan fingerprint density at radius 3 is 2.83 bits per heavy atom. The lowest BCUT2D eigenvalue weighted by Crippen LogP contribution is -2.32. The summed E-state index contributed by atoms with van der Waals surface area (Å²) in [6, 6.07) is 6.75. The molecule has 0 saturated heterocycles. The van der Waals surface area contributed by atoms with Crippen molar-refractivity contribution >= 4 is 5.69 Å². The number of nitrogens with zero attached hydrogens (tertiary/aromatic N) is 2. The van der Waals surface area contributed by atoms with Gasteiger partial charge in [0.2, 0.25) is 0 Å². The van der Waals surface area contributed by atoms with E-state index in [1.54, 1.807) is 6.07 Å². The van der Waals surface area contributed by atoms with Crippen molar-refractivity contribution in [3.63, 3.8) is 0 Å². The zero-order valence-electron chi connectivity index (χ0n) is 11.2. The molecule has 0 amide bonds. The molecule has 1 rings (SSSR count). The summed E-state index contributed by atoms with van der Waals surface area (Å²) in [7, 11) is 2.08. The number of likely N-dealkylation sites (N-methyl/N-ethyl adjacent to an activating group) is 1. The second-order valence-electron chi connectivity index (χ2n) is 4.47. The van der Waals surface area contributed by atoms with Crippen molar-refractivity contribution in [2.45, 2.75) is 26.3 Å². The van der Waals surface area contributed by atoms with Crippen LogP contribution in [0, 0.1) is 17.1 Å². The molecular formula is C14H20FN3. The number of rotatable bonds is 6. The second-order valence-corrected chi connectivity index (χ2v) is 4.47. The number of nitriles is 1. The smallest absolute Gasteiger partial charge is 0.124 e. The second kappa shape index (κ2) is 6.97. The van der Waals surface area contributed by atoms with Crippen LogP contribution in [0.3, 0.4) is 0 Å². The molecule has 0 aliphatic heterocycles. The van der Waals surface area contributed by atoms with Crippen molar-refractivity contribution in [2.75, 3.05) is 25.5 Å². The summed E-state index contributed by atoms with van der Waals surface area (Å²) in [6.07, 6.45) is 1.11. The maximum atomic E-state index is 12.9. The van der Waals surface area contributed by atoms with Crippen LogP contribution >= 0.6 is 0 Å². The summed E-state index contributed by atoms with van der Waals surface area (Å²) in [4.78, 5) is 2.25. The first kappa shape index (κ1) is 14.5. The molecule has 4 heteroatoms. The fourth-order valence-electron chi connectivity index (χ4n) is 1.66. The van der Waals surface area contributed by atoms with Crippen LogP contribution in [0.25, 0.3) is 0 Å². The number of nitrogens with one attached hydrogen (secondary N) is 1. The molecule has 3 nitrogen and oxygen atoms in total. The first-order valence-corrected chi connectivity index (χ1v) is 6.22. The minimum Gasteiger partial charge on any atom is -0.383 e. The van der Waals surface area contributed by atoms with Crippen LogP contribution in [-0.4, -0.2) is 31.1 Å². The van der Waals surface area contributed by atoms with Crippen molar-refractivity contribution < 1.29 is 4.39 Å². The predicted molar refractivity (Wildman–Crippen MR) is 72.0 cm³/mol. The third-order valence-electron chi connectivity index (χ3n) is 3.23. The maximum Gasteiger partial charge on any atom is 0.124 e. The molecule has 0 aromatic heterocycles. The summed E-state index contributed by atoms with van der Waals surface area (Å²) in [5.74, 6) is -0.381. The van der Waals surface area contributed by atoms with Gasteiger partial charge in [0.1, 0.15) is 11.9 Å². The monoisotopic (exact) mass is 249 g/mol. The number of anilines is 1. The van der Waals surface area contributed by atoms with Gasteiger partial charge in [-0.15, -0.1) is 0 Å². The van der Waals surface area contributed by atoms with Crippen molar-refractivity contribution in [1.82, 2.24) is 4.90 Å². The first-order chi connectivity index (χ1) is 8.58. The molecule has 0 radical (unpaired) electrons. The molecular weight excluding hydrogens is 229 g/mol. The van der Waals surface area contributed by atoms with Crippen LogP contribution in [0.4, 0.5) is 10.1 Å². The molecule has 0 heterocycles.